The number of hydrogen-bond acceptors (Lipinski definition) is 4. The van der Waals surface area contributed by atoms with Gasteiger partial charge in [-0.05, 0) is 43.5 Å². The van der Waals surface area contributed by atoms with Gasteiger partial charge in [0.15, 0.2) is 6.10 Å². The van der Waals surface area contributed by atoms with Crippen LogP contribution in [0.2, 0.25) is 0 Å². The molecule has 0 saturated carbocycles. The summed E-state index contributed by atoms with van der Waals surface area (Å²) in [5.74, 6) is -0.924. The summed E-state index contributed by atoms with van der Waals surface area (Å²) in [4.78, 5) is 28.1. The van der Waals surface area contributed by atoms with Gasteiger partial charge in [0, 0.05) is 18.1 Å². The first-order chi connectivity index (χ1) is 11.0. The minimum atomic E-state index is -0.896. The van der Waals surface area contributed by atoms with E-state index in [0.717, 1.165) is 23.2 Å². The van der Waals surface area contributed by atoms with Crippen molar-refractivity contribution in [1.82, 2.24) is 4.98 Å². The first-order valence-corrected chi connectivity index (χ1v) is 7.53. The second-order valence-electron chi connectivity index (χ2n) is 5.24. The number of rotatable bonds is 5. The summed E-state index contributed by atoms with van der Waals surface area (Å²) in [6.07, 6.45) is 2.88. The van der Waals surface area contributed by atoms with Crippen LogP contribution in [0.15, 0.2) is 42.7 Å². The van der Waals surface area contributed by atoms with Crippen molar-refractivity contribution in [1.29, 1.82) is 0 Å². The first-order valence-electron chi connectivity index (χ1n) is 7.53. The zero-order valence-electron chi connectivity index (χ0n) is 13.5. The van der Waals surface area contributed by atoms with E-state index in [1.165, 1.54) is 6.20 Å². The Morgan fingerprint density at radius 1 is 1.26 bits per heavy atom. The van der Waals surface area contributed by atoms with Gasteiger partial charge in [-0.3, -0.25) is 9.78 Å². The SMILES string of the molecule is CCc1cccc(C)c1NC(=O)C(C)OC(=O)c1cccnc1. The van der Waals surface area contributed by atoms with E-state index in [2.05, 4.69) is 10.3 Å². The van der Waals surface area contributed by atoms with Gasteiger partial charge in [0.1, 0.15) is 0 Å². The van der Waals surface area contributed by atoms with Gasteiger partial charge < -0.3 is 10.1 Å². The lowest BCUT2D eigenvalue weighted by molar-refractivity contribution is -0.123. The van der Waals surface area contributed by atoms with Crippen molar-refractivity contribution >= 4 is 17.6 Å². The average molecular weight is 312 g/mol. The molecule has 120 valence electrons. The van der Waals surface area contributed by atoms with E-state index in [4.69, 9.17) is 4.74 Å². The van der Waals surface area contributed by atoms with E-state index < -0.39 is 12.1 Å². The normalized spacial score (nSPS) is 11.6. The maximum atomic E-state index is 12.3. The maximum absolute atomic E-state index is 12.3. The number of nitrogens with one attached hydrogen (secondary N) is 1. The van der Waals surface area contributed by atoms with E-state index in [1.807, 2.05) is 32.0 Å². The van der Waals surface area contributed by atoms with Crippen molar-refractivity contribution in [2.75, 3.05) is 5.32 Å². The smallest absolute Gasteiger partial charge is 0.340 e. The van der Waals surface area contributed by atoms with Crippen LogP contribution in [0.25, 0.3) is 0 Å². The molecule has 0 spiro atoms. The van der Waals surface area contributed by atoms with Crippen molar-refractivity contribution in [2.45, 2.75) is 33.3 Å². The molecule has 0 fully saturated rings. The van der Waals surface area contributed by atoms with Gasteiger partial charge in [0.25, 0.3) is 5.91 Å². The molecule has 1 aromatic heterocycles. The van der Waals surface area contributed by atoms with E-state index in [0.29, 0.717) is 5.56 Å². The third-order valence-electron chi connectivity index (χ3n) is 3.54. The Bertz CT molecular complexity index is 699. The molecule has 2 aromatic rings. The highest BCUT2D eigenvalue weighted by molar-refractivity contribution is 5.98. The summed E-state index contributed by atoms with van der Waals surface area (Å²) in [7, 11) is 0. The third-order valence-corrected chi connectivity index (χ3v) is 3.54. The molecule has 1 aromatic carbocycles. The molecule has 1 heterocycles. The van der Waals surface area contributed by atoms with Gasteiger partial charge in [-0.2, -0.15) is 0 Å². The molecule has 0 aliphatic carbocycles. The minimum absolute atomic E-state index is 0.317. The molecule has 1 N–H and O–H groups in total. The van der Waals surface area contributed by atoms with Crippen molar-refractivity contribution in [3.05, 3.63) is 59.4 Å². The number of aromatic nitrogens is 1. The topological polar surface area (TPSA) is 68.3 Å². The number of carbonyl (C=O) groups is 2. The lowest BCUT2D eigenvalue weighted by Gasteiger charge is -2.17. The monoisotopic (exact) mass is 312 g/mol. The predicted molar refractivity (Wildman–Crippen MR) is 88.3 cm³/mol. The molecule has 1 amide bonds. The Kier molecular flexibility index (Phi) is 5.46. The highest BCUT2D eigenvalue weighted by atomic mass is 16.5. The van der Waals surface area contributed by atoms with Gasteiger partial charge in [0.05, 0.1) is 5.56 Å². The standard InChI is InChI=1S/C18H20N2O3/c1-4-14-8-5-7-12(2)16(14)20-17(21)13(3)23-18(22)15-9-6-10-19-11-15/h5-11,13H,4H2,1-3H3,(H,20,21). The summed E-state index contributed by atoms with van der Waals surface area (Å²) in [6.45, 7) is 5.50. The second kappa shape index (κ2) is 7.54. The van der Waals surface area contributed by atoms with Crippen molar-refractivity contribution < 1.29 is 14.3 Å². The van der Waals surface area contributed by atoms with Gasteiger partial charge in [0.2, 0.25) is 0 Å². The van der Waals surface area contributed by atoms with Crippen LogP contribution in [0.4, 0.5) is 5.69 Å². The summed E-state index contributed by atoms with van der Waals surface area (Å²) < 4.78 is 5.19. The zero-order valence-corrected chi connectivity index (χ0v) is 13.5. The number of aryl methyl sites for hydroxylation is 2. The van der Waals surface area contributed by atoms with Gasteiger partial charge in [-0.1, -0.05) is 25.1 Å². The molecule has 23 heavy (non-hydrogen) atoms. The summed E-state index contributed by atoms with van der Waals surface area (Å²) in [5, 5.41) is 2.85. The number of anilines is 1. The van der Waals surface area contributed by atoms with E-state index in [9.17, 15) is 9.59 Å². The first kappa shape index (κ1) is 16.7. The molecule has 0 saturated heterocycles. The Morgan fingerprint density at radius 3 is 2.70 bits per heavy atom. The molecular formula is C18H20N2O3. The summed E-state index contributed by atoms with van der Waals surface area (Å²) in [5.41, 5.74) is 3.12. The predicted octanol–water partition coefficient (Wildman–Crippen LogP) is 3.14. The zero-order chi connectivity index (χ0) is 16.8. The van der Waals surface area contributed by atoms with Crippen molar-refractivity contribution in [3.8, 4) is 0 Å². The van der Waals surface area contributed by atoms with Crippen LogP contribution in [0, 0.1) is 6.92 Å². The molecule has 0 bridgehead atoms. The molecule has 1 atom stereocenters. The number of ether oxygens (including phenoxy) is 1. The van der Waals surface area contributed by atoms with E-state index in [-0.39, 0.29) is 5.91 Å². The number of carbonyl (C=O) groups excluding carboxylic acids is 2. The largest absolute Gasteiger partial charge is 0.449 e. The lowest BCUT2D eigenvalue weighted by atomic mass is 10.1. The van der Waals surface area contributed by atoms with E-state index in [1.54, 1.807) is 25.3 Å². The van der Waals surface area contributed by atoms with Crippen LogP contribution in [0.1, 0.15) is 35.3 Å². The van der Waals surface area contributed by atoms with Gasteiger partial charge in [-0.25, -0.2) is 4.79 Å². The molecule has 0 aliphatic heterocycles. The molecule has 1 unspecified atom stereocenters. The van der Waals surface area contributed by atoms with Crippen LogP contribution >= 0.6 is 0 Å². The number of para-hydroxylation sites is 1. The quantitative estimate of drug-likeness (QED) is 0.861. The fourth-order valence-corrected chi connectivity index (χ4v) is 2.19. The molecule has 0 radical (unpaired) electrons. The highest BCUT2D eigenvalue weighted by Crippen LogP contribution is 2.21. The molecule has 0 aliphatic rings. The van der Waals surface area contributed by atoms with Crippen LogP contribution in [-0.2, 0) is 16.0 Å². The van der Waals surface area contributed by atoms with E-state index >= 15 is 0 Å². The highest BCUT2D eigenvalue weighted by Gasteiger charge is 2.20. The Balaban J connectivity index is 2.05. The fourth-order valence-electron chi connectivity index (χ4n) is 2.19. The second-order valence-corrected chi connectivity index (χ2v) is 5.24. The van der Waals surface area contributed by atoms with Crippen LogP contribution in [-0.4, -0.2) is 23.0 Å². The molecular weight excluding hydrogens is 292 g/mol. The number of benzene rings is 1. The van der Waals surface area contributed by atoms with Crippen molar-refractivity contribution in [2.24, 2.45) is 0 Å². The summed E-state index contributed by atoms with van der Waals surface area (Å²) in [6, 6.07) is 9.09. The Hall–Kier alpha value is -2.69. The molecule has 5 nitrogen and oxygen atoms in total. The summed E-state index contributed by atoms with van der Waals surface area (Å²) >= 11 is 0. The van der Waals surface area contributed by atoms with Crippen LogP contribution < -0.4 is 5.32 Å². The Morgan fingerprint density at radius 2 is 2.04 bits per heavy atom. The number of hydrogen-bond donors (Lipinski definition) is 1. The lowest BCUT2D eigenvalue weighted by Crippen LogP contribution is -2.30. The number of amides is 1. The Labute approximate surface area is 135 Å². The number of esters is 1. The molecule has 2 rings (SSSR count). The number of nitrogens with zero attached hydrogens (tertiary/aromatic N) is 1. The van der Waals surface area contributed by atoms with Gasteiger partial charge >= 0.3 is 5.97 Å². The number of pyridine rings is 1. The third kappa shape index (κ3) is 4.16. The fraction of sp³-hybridized carbons (Fsp3) is 0.278. The van der Waals surface area contributed by atoms with Crippen LogP contribution in [0.5, 0.6) is 0 Å². The maximum Gasteiger partial charge on any atom is 0.340 e. The minimum Gasteiger partial charge on any atom is -0.449 e. The average Bonchev–Trinajstić information content (AvgIpc) is 2.57. The molecule has 5 heteroatoms. The van der Waals surface area contributed by atoms with Crippen molar-refractivity contribution in [3.63, 3.8) is 0 Å². The van der Waals surface area contributed by atoms with Gasteiger partial charge in [-0.15, -0.1) is 0 Å². The van der Waals surface area contributed by atoms with Crippen LogP contribution in [0.3, 0.4) is 0 Å².